The van der Waals surface area contributed by atoms with Crippen LogP contribution in [0, 0.1) is 0 Å². The summed E-state index contributed by atoms with van der Waals surface area (Å²) in [6, 6.07) is 0. The molecule has 1 atom stereocenters. The molecule has 0 spiro atoms. The first kappa shape index (κ1) is 15.6. The molecule has 0 radical (unpaired) electrons. The van der Waals surface area contributed by atoms with Crippen molar-refractivity contribution in [2.24, 2.45) is 0 Å². The first-order valence-electron chi connectivity index (χ1n) is 2.89. The Labute approximate surface area is 80.8 Å². The summed E-state index contributed by atoms with van der Waals surface area (Å²) in [5.41, 5.74) is -3.73. The largest absolute Gasteiger partial charge is 0.457 e. The highest BCUT2D eigenvalue weighted by Crippen LogP contribution is 2.40. The molecule has 0 saturated carbocycles. The van der Waals surface area contributed by atoms with Gasteiger partial charge in [0.25, 0.3) is 0 Å². The van der Waals surface area contributed by atoms with Crippen LogP contribution in [-0.2, 0) is 0 Å². The average molecular weight is 251 g/mol. The van der Waals surface area contributed by atoms with E-state index >= 15 is 0 Å². The summed E-state index contributed by atoms with van der Waals surface area (Å²) in [7, 11) is 0. The van der Waals surface area contributed by atoms with Crippen LogP contribution in [-0.4, -0.2) is 23.6 Å². The number of hydrogen-bond acceptors (Lipinski definition) is 0. The van der Waals surface area contributed by atoms with E-state index in [-0.39, 0.29) is 0 Å². The quantitative estimate of drug-likeness (QED) is 0.488. The molecule has 0 N–H and O–H groups in total. The number of alkyl halides is 8. The maximum Gasteiger partial charge on any atom is 0.457 e. The second-order valence-electron chi connectivity index (χ2n) is 1.69. The summed E-state index contributed by atoms with van der Waals surface area (Å²) in [6.45, 7) is 1.89. The van der Waals surface area contributed by atoms with Crippen molar-refractivity contribution in [2.45, 2.75) is 24.7 Å². The fourth-order valence-corrected chi connectivity index (χ4v) is 0.247. The van der Waals surface area contributed by atoms with Crippen molar-refractivity contribution in [1.82, 2.24) is 0 Å². The first-order chi connectivity index (χ1) is 5.61. The van der Waals surface area contributed by atoms with Crippen LogP contribution < -0.4 is 0 Å². The molecular formula is C5H6Cl2F6. The molecule has 1 unspecified atom stereocenters. The third kappa shape index (κ3) is 5.46. The molecule has 13 heavy (non-hydrogen) atoms. The van der Waals surface area contributed by atoms with Crippen LogP contribution in [0.5, 0.6) is 0 Å². The third-order valence-corrected chi connectivity index (χ3v) is 0.926. The van der Waals surface area contributed by atoms with E-state index in [9.17, 15) is 26.3 Å². The van der Waals surface area contributed by atoms with Crippen molar-refractivity contribution >= 4 is 23.2 Å². The highest BCUT2D eigenvalue weighted by atomic mass is 35.5. The molecule has 0 aromatic heterocycles. The molecule has 0 amide bonds. The van der Waals surface area contributed by atoms with Gasteiger partial charge >= 0.3 is 12.1 Å². The standard InChI is InChI=1S/C3HClF6.C2H5Cl/c4-1(5)2(6,7)3(8,9)10;1-2-3/h1H;2H2,1H3. The normalized spacial score (nSPS) is 14.5. The van der Waals surface area contributed by atoms with E-state index in [4.69, 9.17) is 11.6 Å². The predicted octanol–water partition coefficient (Wildman–Crippen LogP) is 3.96. The molecule has 0 bridgehead atoms. The van der Waals surface area contributed by atoms with Crippen LogP contribution >= 0.6 is 23.2 Å². The molecule has 0 rings (SSSR count). The SMILES string of the molecule is CCCl.FC(Cl)C(F)(F)C(F)(F)F. The first-order valence-corrected chi connectivity index (χ1v) is 3.87. The van der Waals surface area contributed by atoms with Crippen LogP contribution in [0.1, 0.15) is 6.92 Å². The highest BCUT2D eigenvalue weighted by molar-refractivity contribution is 6.20. The van der Waals surface area contributed by atoms with Gasteiger partial charge in [0, 0.05) is 5.88 Å². The lowest BCUT2D eigenvalue weighted by Gasteiger charge is -2.18. The zero-order chi connectivity index (χ0) is 11.3. The van der Waals surface area contributed by atoms with Gasteiger partial charge in [-0.25, -0.2) is 4.39 Å². The molecule has 82 valence electrons. The van der Waals surface area contributed by atoms with Gasteiger partial charge in [0.2, 0.25) is 5.63 Å². The molecule has 8 heteroatoms. The molecule has 0 heterocycles. The summed E-state index contributed by atoms with van der Waals surface area (Å²) in [6.07, 6.45) is -5.92. The van der Waals surface area contributed by atoms with E-state index in [1.165, 1.54) is 0 Å². The molecule has 0 aliphatic rings. The Morgan fingerprint density at radius 1 is 1.15 bits per heavy atom. The molecule has 0 saturated heterocycles. The third-order valence-electron chi connectivity index (χ3n) is 0.652. The average Bonchev–Trinajstić information content (AvgIpc) is 1.86. The van der Waals surface area contributed by atoms with E-state index in [1.807, 2.05) is 6.92 Å². The summed E-state index contributed by atoms with van der Waals surface area (Å²) < 4.78 is 67.1. The Morgan fingerprint density at radius 3 is 1.38 bits per heavy atom. The second kappa shape index (κ2) is 5.80. The van der Waals surface area contributed by atoms with Crippen molar-refractivity contribution in [1.29, 1.82) is 0 Å². The number of rotatable bonds is 1. The van der Waals surface area contributed by atoms with E-state index in [1.54, 1.807) is 0 Å². The fourth-order valence-electron chi connectivity index (χ4n) is 0.124. The lowest BCUT2D eigenvalue weighted by atomic mass is 10.4. The molecule has 0 aromatic carbocycles. The minimum absolute atomic E-state index is 0.722. The van der Waals surface area contributed by atoms with Crippen LogP contribution in [0.4, 0.5) is 26.3 Å². The second-order valence-corrected chi connectivity index (χ2v) is 2.61. The van der Waals surface area contributed by atoms with Crippen molar-refractivity contribution in [3.05, 3.63) is 0 Å². The van der Waals surface area contributed by atoms with Gasteiger partial charge in [0.1, 0.15) is 0 Å². The molecule has 0 nitrogen and oxygen atoms in total. The van der Waals surface area contributed by atoms with Gasteiger partial charge in [0.05, 0.1) is 0 Å². The molecule has 0 aliphatic carbocycles. The van der Waals surface area contributed by atoms with Crippen molar-refractivity contribution in [2.75, 3.05) is 5.88 Å². The molecule has 0 aliphatic heterocycles. The Hall–Kier alpha value is 0.160. The zero-order valence-electron chi connectivity index (χ0n) is 6.31. The lowest BCUT2D eigenvalue weighted by molar-refractivity contribution is -0.292. The van der Waals surface area contributed by atoms with Gasteiger partial charge in [-0.05, 0) is 0 Å². The van der Waals surface area contributed by atoms with Crippen LogP contribution in [0.15, 0.2) is 0 Å². The van der Waals surface area contributed by atoms with Crippen LogP contribution in [0.2, 0.25) is 0 Å². The van der Waals surface area contributed by atoms with Crippen molar-refractivity contribution in [3.8, 4) is 0 Å². The Bertz CT molecular complexity index is 131. The maximum absolute atomic E-state index is 11.4. The Balaban J connectivity index is 0. The van der Waals surface area contributed by atoms with Gasteiger partial charge in [-0.3, -0.25) is 0 Å². The summed E-state index contributed by atoms with van der Waals surface area (Å²) >= 11 is 8.92. The molecular weight excluding hydrogens is 245 g/mol. The topological polar surface area (TPSA) is 0 Å². The smallest absolute Gasteiger partial charge is 0.223 e. The highest BCUT2D eigenvalue weighted by Gasteiger charge is 2.63. The van der Waals surface area contributed by atoms with Crippen molar-refractivity contribution < 1.29 is 26.3 Å². The van der Waals surface area contributed by atoms with E-state index in [0.29, 0.717) is 0 Å². The Kier molecular flexibility index (Phi) is 6.97. The van der Waals surface area contributed by atoms with Gasteiger partial charge in [0.15, 0.2) is 0 Å². The summed E-state index contributed by atoms with van der Waals surface area (Å²) in [5, 5.41) is 0. The van der Waals surface area contributed by atoms with E-state index in [0.717, 1.165) is 5.88 Å². The van der Waals surface area contributed by atoms with Gasteiger partial charge < -0.3 is 0 Å². The maximum atomic E-state index is 11.4. The monoisotopic (exact) mass is 250 g/mol. The van der Waals surface area contributed by atoms with Gasteiger partial charge in [-0.15, -0.1) is 11.6 Å². The molecule has 0 fully saturated rings. The van der Waals surface area contributed by atoms with E-state index < -0.39 is 17.7 Å². The van der Waals surface area contributed by atoms with E-state index in [2.05, 4.69) is 11.6 Å². The van der Waals surface area contributed by atoms with Crippen LogP contribution in [0.25, 0.3) is 0 Å². The minimum Gasteiger partial charge on any atom is -0.223 e. The zero-order valence-corrected chi connectivity index (χ0v) is 7.82. The van der Waals surface area contributed by atoms with Gasteiger partial charge in [-0.1, -0.05) is 18.5 Å². The predicted molar refractivity (Wildman–Crippen MR) is 38.1 cm³/mol. The summed E-state index contributed by atoms with van der Waals surface area (Å²) in [5.74, 6) is -4.74. The number of halogens is 8. The minimum atomic E-state index is -5.92. The van der Waals surface area contributed by atoms with Crippen molar-refractivity contribution in [3.63, 3.8) is 0 Å². The Morgan fingerprint density at radius 2 is 1.38 bits per heavy atom. The lowest BCUT2D eigenvalue weighted by Crippen LogP contribution is -2.42. The van der Waals surface area contributed by atoms with Crippen LogP contribution in [0.3, 0.4) is 0 Å². The fraction of sp³-hybridized carbons (Fsp3) is 1.00. The molecule has 0 aromatic rings. The van der Waals surface area contributed by atoms with Gasteiger partial charge in [-0.2, -0.15) is 22.0 Å². The summed E-state index contributed by atoms with van der Waals surface area (Å²) in [4.78, 5) is 0. The number of hydrogen-bond donors (Lipinski definition) is 0.